The van der Waals surface area contributed by atoms with Crippen LogP contribution in [0.4, 0.5) is 11.5 Å². The molecule has 2 heterocycles. The maximum atomic E-state index is 12.4. The molecular formula is C16H14N4O. The van der Waals surface area contributed by atoms with Crippen LogP contribution in [-0.4, -0.2) is 15.9 Å². The highest BCUT2D eigenvalue weighted by molar-refractivity contribution is 6.09. The smallest absolute Gasteiger partial charge is 0.255 e. The molecule has 0 radical (unpaired) electrons. The van der Waals surface area contributed by atoms with Crippen molar-refractivity contribution in [2.24, 2.45) is 0 Å². The van der Waals surface area contributed by atoms with Crippen molar-refractivity contribution in [2.75, 3.05) is 11.1 Å². The molecule has 5 nitrogen and oxygen atoms in total. The molecule has 1 amide bonds. The third-order valence-electron chi connectivity index (χ3n) is 3.16. The normalized spacial score (nSPS) is 10.5. The first-order valence-corrected chi connectivity index (χ1v) is 6.52. The van der Waals surface area contributed by atoms with Gasteiger partial charge in [0.2, 0.25) is 0 Å². The summed E-state index contributed by atoms with van der Waals surface area (Å²) in [6.45, 7) is 1.80. The van der Waals surface area contributed by atoms with Gasteiger partial charge in [-0.1, -0.05) is 12.1 Å². The number of benzene rings is 1. The molecule has 3 aromatic rings. The second-order valence-electron chi connectivity index (χ2n) is 4.78. The van der Waals surface area contributed by atoms with Crippen LogP contribution in [0.3, 0.4) is 0 Å². The topological polar surface area (TPSA) is 80.9 Å². The fraction of sp³-hybridized carbons (Fsp3) is 0.0625. The van der Waals surface area contributed by atoms with Crippen molar-refractivity contribution < 1.29 is 4.79 Å². The van der Waals surface area contributed by atoms with Crippen LogP contribution >= 0.6 is 0 Å². The largest absolute Gasteiger partial charge is 0.384 e. The van der Waals surface area contributed by atoms with Crippen LogP contribution in [0.1, 0.15) is 16.1 Å². The fourth-order valence-corrected chi connectivity index (χ4v) is 2.25. The number of nitrogen functional groups attached to an aromatic ring is 1. The van der Waals surface area contributed by atoms with E-state index >= 15 is 0 Å². The standard InChI is InChI=1S/C16H14N4O/c1-10-7-12(8-15(17)19-10)16(21)20-14-4-2-3-11-9-18-6-5-13(11)14/h2-9H,1H3,(H2,17,19)(H,20,21). The van der Waals surface area contributed by atoms with Gasteiger partial charge in [-0.05, 0) is 31.2 Å². The molecular weight excluding hydrogens is 264 g/mol. The summed E-state index contributed by atoms with van der Waals surface area (Å²) in [4.78, 5) is 20.5. The highest BCUT2D eigenvalue weighted by atomic mass is 16.1. The van der Waals surface area contributed by atoms with E-state index in [0.717, 1.165) is 16.5 Å². The SMILES string of the molecule is Cc1cc(C(=O)Nc2cccc3cnccc23)cc(N)n1. The molecule has 0 aliphatic carbocycles. The highest BCUT2D eigenvalue weighted by Gasteiger charge is 2.10. The fourth-order valence-electron chi connectivity index (χ4n) is 2.25. The summed E-state index contributed by atoms with van der Waals surface area (Å²) >= 11 is 0. The van der Waals surface area contributed by atoms with E-state index in [1.54, 1.807) is 31.5 Å². The van der Waals surface area contributed by atoms with Gasteiger partial charge >= 0.3 is 0 Å². The molecule has 0 aliphatic heterocycles. The Labute approximate surface area is 121 Å². The number of fused-ring (bicyclic) bond motifs is 1. The van der Waals surface area contributed by atoms with Gasteiger partial charge in [-0.3, -0.25) is 9.78 Å². The van der Waals surface area contributed by atoms with Gasteiger partial charge in [0, 0.05) is 40.1 Å². The first kappa shape index (κ1) is 13.1. The maximum absolute atomic E-state index is 12.4. The Morgan fingerprint density at radius 3 is 2.90 bits per heavy atom. The number of nitrogens with two attached hydrogens (primary N) is 1. The molecule has 5 heteroatoms. The van der Waals surface area contributed by atoms with Crippen molar-refractivity contribution in [1.29, 1.82) is 0 Å². The number of carbonyl (C=O) groups excluding carboxylic acids is 1. The van der Waals surface area contributed by atoms with Crippen molar-refractivity contribution in [2.45, 2.75) is 6.92 Å². The Kier molecular flexibility index (Phi) is 3.23. The minimum atomic E-state index is -0.212. The average molecular weight is 278 g/mol. The number of nitrogens with zero attached hydrogens (tertiary/aromatic N) is 2. The van der Waals surface area contributed by atoms with Gasteiger partial charge in [0.1, 0.15) is 5.82 Å². The maximum Gasteiger partial charge on any atom is 0.255 e. The summed E-state index contributed by atoms with van der Waals surface area (Å²) in [5.74, 6) is 0.124. The lowest BCUT2D eigenvalue weighted by Crippen LogP contribution is -2.13. The Morgan fingerprint density at radius 2 is 2.10 bits per heavy atom. The predicted molar refractivity (Wildman–Crippen MR) is 83.1 cm³/mol. The van der Waals surface area contributed by atoms with Crippen molar-refractivity contribution >= 4 is 28.2 Å². The van der Waals surface area contributed by atoms with Crippen LogP contribution < -0.4 is 11.1 Å². The lowest BCUT2D eigenvalue weighted by atomic mass is 10.1. The Morgan fingerprint density at radius 1 is 1.24 bits per heavy atom. The second-order valence-corrected chi connectivity index (χ2v) is 4.78. The molecule has 3 rings (SSSR count). The van der Waals surface area contributed by atoms with Gasteiger partial charge < -0.3 is 11.1 Å². The van der Waals surface area contributed by atoms with E-state index in [2.05, 4.69) is 15.3 Å². The summed E-state index contributed by atoms with van der Waals surface area (Å²) in [6, 6.07) is 10.8. The van der Waals surface area contributed by atoms with Gasteiger partial charge in [-0.2, -0.15) is 0 Å². The monoisotopic (exact) mass is 278 g/mol. The molecule has 0 saturated carbocycles. The number of hydrogen-bond donors (Lipinski definition) is 2. The number of amides is 1. The molecule has 1 aromatic carbocycles. The van der Waals surface area contributed by atoms with Crippen molar-refractivity contribution in [1.82, 2.24) is 9.97 Å². The van der Waals surface area contributed by atoms with E-state index < -0.39 is 0 Å². The molecule has 0 fully saturated rings. The van der Waals surface area contributed by atoms with Gasteiger partial charge in [0.15, 0.2) is 0 Å². The van der Waals surface area contributed by atoms with Crippen LogP contribution in [0.25, 0.3) is 10.8 Å². The number of pyridine rings is 2. The Hall–Kier alpha value is -2.95. The number of anilines is 2. The van der Waals surface area contributed by atoms with Crippen LogP contribution in [0.5, 0.6) is 0 Å². The number of nitrogens with one attached hydrogen (secondary N) is 1. The molecule has 0 spiro atoms. The van der Waals surface area contributed by atoms with Gasteiger partial charge in [-0.25, -0.2) is 4.98 Å². The van der Waals surface area contributed by atoms with E-state index in [9.17, 15) is 4.79 Å². The molecule has 104 valence electrons. The van der Waals surface area contributed by atoms with Gasteiger partial charge in [0.05, 0.1) is 0 Å². The van der Waals surface area contributed by atoms with Crippen LogP contribution in [-0.2, 0) is 0 Å². The molecule has 0 unspecified atom stereocenters. The van der Waals surface area contributed by atoms with Gasteiger partial charge in [0.25, 0.3) is 5.91 Å². The molecule has 0 bridgehead atoms. The lowest BCUT2D eigenvalue weighted by molar-refractivity contribution is 0.102. The third-order valence-corrected chi connectivity index (χ3v) is 3.16. The first-order valence-electron chi connectivity index (χ1n) is 6.52. The van der Waals surface area contributed by atoms with E-state index in [4.69, 9.17) is 5.73 Å². The molecule has 0 saturated heterocycles. The first-order chi connectivity index (χ1) is 10.1. The second kappa shape index (κ2) is 5.20. The Bertz CT molecular complexity index is 804. The minimum Gasteiger partial charge on any atom is -0.384 e. The molecule has 21 heavy (non-hydrogen) atoms. The summed E-state index contributed by atoms with van der Waals surface area (Å²) in [5, 5.41) is 4.82. The van der Waals surface area contributed by atoms with Gasteiger partial charge in [-0.15, -0.1) is 0 Å². The predicted octanol–water partition coefficient (Wildman–Crippen LogP) is 2.77. The van der Waals surface area contributed by atoms with Crippen molar-refractivity contribution in [3.63, 3.8) is 0 Å². The van der Waals surface area contributed by atoms with Crippen LogP contribution in [0.2, 0.25) is 0 Å². The molecule has 2 aromatic heterocycles. The zero-order valence-corrected chi connectivity index (χ0v) is 11.5. The molecule has 0 atom stereocenters. The zero-order valence-electron chi connectivity index (χ0n) is 11.5. The van der Waals surface area contributed by atoms with E-state index in [1.807, 2.05) is 24.3 Å². The molecule has 0 aliphatic rings. The van der Waals surface area contributed by atoms with E-state index in [1.165, 1.54) is 0 Å². The number of rotatable bonds is 2. The summed E-state index contributed by atoms with van der Waals surface area (Å²) < 4.78 is 0. The highest BCUT2D eigenvalue weighted by Crippen LogP contribution is 2.23. The molecule has 3 N–H and O–H groups in total. The minimum absolute atomic E-state index is 0.212. The number of carbonyl (C=O) groups is 1. The average Bonchev–Trinajstić information content (AvgIpc) is 2.46. The van der Waals surface area contributed by atoms with Crippen LogP contribution in [0.15, 0.2) is 48.8 Å². The van der Waals surface area contributed by atoms with Crippen LogP contribution in [0, 0.1) is 6.92 Å². The van der Waals surface area contributed by atoms with E-state index in [-0.39, 0.29) is 5.91 Å². The zero-order chi connectivity index (χ0) is 14.8. The van der Waals surface area contributed by atoms with Crippen molar-refractivity contribution in [3.05, 3.63) is 60.0 Å². The van der Waals surface area contributed by atoms with E-state index in [0.29, 0.717) is 17.1 Å². The number of aromatic nitrogens is 2. The number of hydrogen-bond acceptors (Lipinski definition) is 4. The summed E-state index contributed by atoms with van der Waals surface area (Å²) in [6.07, 6.45) is 3.46. The third kappa shape index (κ3) is 2.67. The quantitative estimate of drug-likeness (QED) is 0.755. The summed E-state index contributed by atoms with van der Waals surface area (Å²) in [7, 11) is 0. The number of aryl methyl sites for hydroxylation is 1. The lowest BCUT2D eigenvalue weighted by Gasteiger charge is -2.09. The Balaban J connectivity index is 1.96. The summed E-state index contributed by atoms with van der Waals surface area (Å²) in [5.41, 5.74) is 7.63. The van der Waals surface area contributed by atoms with Crippen molar-refractivity contribution in [3.8, 4) is 0 Å².